The number of carbonyl (C=O) groups excluding carboxylic acids is 1. The molecule has 16 heavy (non-hydrogen) atoms. The van der Waals surface area contributed by atoms with Crippen LogP contribution >= 0.6 is 0 Å². The van der Waals surface area contributed by atoms with Crippen LogP contribution in [0, 0.1) is 5.92 Å². The highest BCUT2D eigenvalue weighted by atomic mass is 19.4. The number of carbonyl (C=O) groups is 1. The molecule has 1 amide bonds. The largest absolute Gasteiger partial charge is 0.438 e. The third-order valence-corrected chi connectivity index (χ3v) is 2.28. The van der Waals surface area contributed by atoms with Gasteiger partial charge in [-0.2, -0.15) is 23.3 Å². The summed E-state index contributed by atoms with van der Waals surface area (Å²) < 4.78 is 38.0. The van der Waals surface area contributed by atoms with Gasteiger partial charge < -0.3 is 5.11 Å². The lowest BCUT2D eigenvalue weighted by Gasteiger charge is -2.33. The van der Waals surface area contributed by atoms with Crippen LogP contribution in [-0.4, -0.2) is 33.6 Å². The molecular weight excluding hydrogens is 225 g/mol. The fourth-order valence-corrected chi connectivity index (χ4v) is 1.42. The first kappa shape index (κ1) is 13.0. The van der Waals surface area contributed by atoms with Gasteiger partial charge >= 0.3 is 6.18 Å². The van der Waals surface area contributed by atoms with Gasteiger partial charge in [0.1, 0.15) is 0 Å². The number of rotatable bonds is 1. The maximum atomic E-state index is 12.7. The second-order valence-electron chi connectivity index (χ2n) is 4.13. The van der Waals surface area contributed by atoms with Gasteiger partial charge in [-0.25, -0.2) is 0 Å². The molecule has 0 spiro atoms. The van der Waals surface area contributed by atoms with Crippen LogP contribution in [0.5, 0.6) is 0 Å². The van der Waals surface area contributed by atoms with Crippen molar-refractivity contribution in [2.45, 2.75) is 39.1 Å². The lowest BCUT2D eigenvalue weighted by atomic mass is 10.1. The van der Waals surface area contributed by atoms with E-state index in [2.05, 4.69) is 5.10 Å². The molecule has 0 aromatic rings. The summed E-state index contributed by atoms with van der Waals surface area (Å²) >= 11 is 0. The van der Waals surface area contributed by atoms with Crippen LogP contribution in [0.2, 0.25) is 0 Å². The van der Waals surface area contributed by atoms with Gasteiger partial charge in [0, 0.05) is 18.1 Å². The highest BCUT2D eigenvalue weighted by Crippen LogP contribution is 2.40. The molecule has 92 valence electrons. The molecule has 0 saturated carbocycles. The molecule has 1 heterocycles. The zero-order valence-corrected chi connectivity index (χ0v) is 9.17. The molecule has 1 N–H and O–H groups in total. The Kier molecular flexibility index (Phi) is 3.02. The van der Waals surface area contributed by atoms with Gasteiger partial charge in [0.05, 0.1) is 0 Å². The summed E-state index contributed by atoms with van der Waals surface area (Å²) in [5, 5.41) is 13.1. The normalized spacial score (nSPS) is 26.2. The topological polar surface area (TPSA) is 52.9 Å². The molecule has 4 nitrogen and oxygen atoms in total. The first-order valence-corrected chi connectivity index (χ1v) is 4.77. The molecule has 0 aromatic heterocycles. The molecule has 1 aliphatic rings. The Bertz CT molecular complexity index is 338. The van der Waals surface area contributed by atoms with Crippen molar-refractivity contribution in [2.75, 3.05) is 0 Å². The second-order valence-corrected chi connectivity index (χ2v) is 4.13. The summed E-state index contributed by atoms with van der Waals surface area (Å²) in [4.78, 5) is 11.5. The number of aliphatic hydroxyl groups is 1. The molecule has 1 atom stereocenters. The number of hydrogen-bond donors (Lipinski definition) is 1. The predicted molar refractivity (Wildman–Crippen MR) is 50.4 cm³/mol. The van der Waals surface area contributed by atoms with E-state index in [0.717, 1.165) is 0 Å². The van der Waals surface area contributed by atoms with Crippen LogP contribution in [0.4, 0.5) is 13.2 Å². The van der Waals surface area contributed by atoms with E-state index < -0.39 is 30.1 Å². The van der Waals surface area contributed by atoms with E-state index in [-0.39, 0.29) is 10.7 Å². The summed E-state index contributed by atoms with van der Waals surface area (Å²) in [6.07, 6.45) is -5.62. The average Bonchev–Trinajstić information content (AvgIpc) is 2.40. The maximum absolute atomic E-state index is 12.7. The van der Waals surface area contributed by atoms with Crippen molar-refractivity contribution in [1.29, 1.82) is 0 Å². The second kappa shape index (κ2) is 3.73. The van der Waals surface area contributed by atoms with E-state index in [1.807, 2.05) is 0 Å². The van der Waals surface area contributed by atoms with E-state index in [9.17, 15) is 23.1 Å². The van der Waals surface area contributed by atoms with Crippen LogP contribution < -0.4 is 0 Å². The minimum Gasteiger partial charge on any atom is -0.362 e. The van der Waals surface area contributed by atoms with Gasteiger partial charge in [0.15, 0.2) is 0 Å². The Morgan fingerprint density at radius 3 is 2.44 bits per heavy atom. The Balaban J connectivity index is 3.10. The number of alkyl halides is 3. The molecule has 1 unspecified atom stereocenters. The van der Waals surface area contributed by atoms with Crippen molar-refractivity contribution in [1.82, 2.24) is 5.01 Å². The number of halogens is 3. The molecule has 0 bridgehead atoms. The summed E-state index contributed by atoms with van der Waals surface area (Å²) in [7, 11) is 0. The molecule has 0 aromatic carbocycles. The number of amides is 1. The number of hydrogen-bond acceptors (Lipinski definition) is 3. The van der Waals surface area contributed by atoms with Gasteiger partial charge in [-0.1, -0.05) is 13.8 Å². The van der Waals surface area contributed by atoms with Gasteiger partial charge in [-0.3, -0.25) is 4.79 Å². The van der Waals surface area contributed by atoms with Crippen molar-refractivity contribution in [2.24, 2.45) is 11.0 Å². The SMILES string of the molecule is CC1=NN(C(=O)C(C)C)C(O)(C(F)(F)F)C1. The summed E-state index contributed by atoms with van der Waals surface area (Å²) in [6, 6.07) is 0. The van der Waals surface area contributed by atoms with Crippen LogP contribution in [0.15, 0.2) is 5.10 Å². The highest BCUT2D eigenvalue weighted by molar-refractivity contribution is 5.89. The molecule has 1 rings (SSSR count). The predicted octanol–water partition coefficient (Wildman–Crippen LogP) is 1.50. The molecule has 0 radical (unpaired) electrons. The first-order valence-electron chi connectivity index (χ1n) is 4.77. The Hall–Kier alpha value is -1.11. The lowest BCUT2D eigenvalue weighted by molar-refractivity contribution is -0.303. The van der Waals surface area contributed by atoms with E-state index in [1.54, 1.807) is 0 Å². The van der Waals surface area contributed by atoms with E-state index in [0.29, 0.717) is 0 Å². The number of hydrazone groups is 1. The monoisotopic (exact) mass is 238 g/mol. The van der Waals surface area contributed by atoms with Crippen molar-refractivity contribution in [3.8, 4) is 0 Å². The van der Waals surface area contributed by atoms with E-state index >= 15 is 0 Å². The van der Waals surface area contributed by atoms with Crippen LogP contribution in [-0.2, 0) is 4.79 Å². The Morgan fingerprint density at radius 2 is 2.06 bits per heavy atom. The Morgan fingerprint density at radius 1 is 1.56 bits per heavy atom. The first-order chi connectivity index (χ1) is 7.09. The zero-order valence-electron chi connectivity index (χ0n) is 9.17. The van der Waals surface area contributed by atoms with Gasteiger partial charge in [-0.15, -0.1) is 0 Å². The van der Waals surface area contributed by atoms with Gasteiger partial charge in [0.25, 0.3) is 5.72 Å². The minimum atomic E-state index is -4.92. The van der Waals surface area contributed by atoms with Crippen molar-refractivity contribution in [3.05, 3.63) is 0 Å². The van der Waals surface area contributed by atoms with Crippen LogP contribution in [0.3, 0.4) is 0 Å². The fraction of sp³-hybridized carbons (Fsp3) is 0.778. The van der Waals surface area contributed by atoms with Crippen LogP contribution in [0.25, 0.3) is 0 Å². The molecular formula is C9H13F3N2O2. The standard InChI is InChI=1S/C9H13F3N2O2/c1-5(2)7(15)14-8(16,9(10,11)12)4-6(3)13-14/h5,16H,4H2,1-3H3. The van der Waals surface area contributed by atoms with Gasteiger partial charge in [-0.05, 0) is 6.92 Å². The minimum absolute atomic E-state index is 0.0776. The van der Waals surface area contributed by atoms with Gasteiger partial charge in [0.2, 0.25) is 5.91 Å². The van der Waals surface area contributed by atoms with Crippen molar-refractivity contribution >= 4 is 11.6 Å². The smallest absolute Gasteiger partial charge is 0.362 e. The van der Waals surface area contributed by atoms with Crippen molar-refractivity contribution in [3.63, 3.8) is 0 Å². The fourth-order valence-electron chi connectivity index (χ4n) is 1.42. The molecule has 0 aliphatic carbocycles. The zero-order chi connectivity index (χ0) is 12.7. The highest BCUT2D eigenvalue weighted by Gasteiger charge is 2.62. The van der Waals surface area contributed by atoms with E-state index in [4.69, 9.17) is 0 Å². The molecule has 0 saturated heterocycles. The molecule has 1 aliphatic heterocycles. The molecule has 7 heteroatoms. The molecule has 0 fully saturated rings. The lowest BCUT2D eigenvalue weighted by Crippen LogP contribution is -2.57. The van der Waals surface area contributed by atoms with E-state index in [1.165, 1.54) is 20.8 Å². The maximum Gasteiger partial charge on any atom is 0.438 e. The quantitative estimate of drug-likeness (QED) is 0.752. The third-order valence-electron chi connectivity index (χ3n) is 2.28. The summed E-state index contributed by atoms with van der Waals surface area (Å²) in [6.45, 7) is 4.23. The summed E-state index contributed by atoms with van der Waals surface area (Å²) in [5.41, 5.74) is -3.12. The Labute approximate surface area is 90.7 Å². The van der Waals surface area contributed by atoms with Crippen LogP contribution in [0.1, 0.15) is 27.2 Å². The third kappa shape index (κ3) is 1.91. The van der Waals surface area contributed by atoms with Crippen molar-refractivity contribution < 1.29 is 23.1 Å². The average molecular weight is 238 g/mol. The summed E-state index contributed by atoms with van der Waals surface area (Å²) in [5.74, 6) is -1.51. The number of nitrogens with zero attached hydrogens (tertiary/aromatic N) is 2.